The second-order valence-electron chi connectivity index (χ2n) is 4.89. The Balaban J connectivity index is 2.82. The van der Waals surface area contributed by atoms with Crippen LogP contribution in [0.5, 0.6) is 0 Å². The van der Waals surface area contributed by atoms with Crippen LogP contribution in [-0.4, -0.2) is 29.1 Å². The van der Waals surface area contributed by atoms with E-state index in [9.17, 15) is 8.78 Å². The topological polar surface area (TPSA) is 37.0 Å². The van der Waals surface area contributed by atoms with Gasteiger partial charge in [-0.15, -0.1) is 0 Å². The summed E-state index contributed by atoms with van der Waals surface area (Å²) in [6.45, 7) is 7.21. The molecule has 0 atom stereocenters. The molecule has 3 nitrogen and oxygen atoms in total. The van der Waals surface area contributed by atoms with Crippen molar-refractivity contribution in [3.63, 3.8) is 0 Å². The predicted octanol–water partition coefficient (Wildman–Crippen LogP) is 3.74. The van der Waals surface area contributed by atoms with Crippen LogP contribution in [0.3, 0.4) is 0 Å². The van der Waals surface area contributed by atoms with Crippen LogP contribution in [-0.2, 0) is 0 Å². The van der Waals surface area contributed by atoms with E-state index in [-0.39, 0.29) is 16.4 Å². The van der Waals surface area contributed by atoms with Gasteiger partial charge in [-0.3, -0.25) is 0 Å². The van der Waals surface area contributed by atoms with E-state index in [4.69, 9.17) is 0 Å². The Morgan fingerprint density at radius 3 is 2.32 bits per heavy atom. The van der Waals surface area contributed by atoms with Gasteiger partial charge in [0.2, 0.25) is 0 Å². The molecule has 0 spiro atoms. The molecule has 0 fully saturated rings. The first-order valence-electron chi connectivity index (χ1n) is 6.28. The fourth-order valence-corrected chi connectivity index (χ4v) is 1.54. The van der Waals surface area contributed by atoms with E-state index in [1.54, 1.807) is 11.8 Å². The minimum Gasteiger partial charge on any atom is -0.368 e. The minimum atomic E-state index is -0.670. The molecule has 0 unspecified atom stereocenters. The minimum absolute atomic E-state index is 0.0421. The van der Waals surface area contributed by atoms with Crippen molar-refractivity contribution in [3.8, 4) is 0 Å². The van der Waals surface area contributed by atoms with Crippen LogP contribution in [0.15, 0.2) is 6.07 Å². The average molecular weight is 289 g/mol. The normalized spacial score (nSPS) is 11.5. The van der Waals surface area contributed by atoms with Gasteiger partial charge < -0.3 is 10.6 Å². The van der Waals surface area contributed by atoms with Gasteiger partial charge in [-0.25, -0.2) is 13.8 Å². The van der Waals surface area contributed by atoms with Crippen molar-refractivity contribution < 1.29 is 8.78 Å². The van der Waals surface area contributed by atoms with E-state index in [1.807, 2.05) is 27.0 Å². The Hall–Kier alpha value is -1.04. The van der Waals surface area contributed by atoms with Crippen LogP contribution < -0.4 is 10.6 Å². The number of hydrogen-bond donors (Lipinski definition) is 2. The van der Waals surface area contributed by atoms with Crippen LogP contribution in [0.2, 0.25) is 0 Å². The molecule has 1 aromatic rings. The fraction of sp³-hybridized carbons (Fsp3) is 0.615. The predicted molar refractivity (Wildman–Crippen MR) is 79.0 cm³/mol. The van der Waals surface area contributed by atoms with Gasteiger partial charge in [-0.2, -0.15) is 11.8 Å². The lowest BCUT2D eigenvalue weighted by molar-refractivity contribution is 0.576. The smallest absolute Gasteiger partial charge is 0.168 e. The maximum Gasteiger partial charge on any atom is 0.168 e. The molecule has 0 aromatic carbocycles. The van der Waals surface area contributed by atoms with Crippen molar-refractivity contribution in [2.45, 2.75) is 31.9 Å². The first-order chi connectivity index (χ1) is 8.89. The molecule has 0 aliphatic rings. The van der Waals surface area contributed by atoms with Crippen LogP contribution in [0, 0.1) is 11.6 Å². The number of halogens is 2. The second kappa shape index (κ2) is 6.93. The first-order valence-corrected chi connectivity index (χ1v) is 7.51. The van der Waals surface area contributed by atoms with Crippen molar-refractivity contribution >= 4 is 23.4 Å². The quantitative estimate of drug-likeness (QED) is 0.802. The van der Waals surface area contributed by atoms with Crippen LogP contribution in [0.1, 0.15) is 27.2 Å². The zero-order valence-electron chi connectivity index (χ0n) is 11.8. The van der Waals surface area contributed by atoms with E-state index in [0.29, 0.717) is 13.1 Å². The van der Waals surface area contributed by atoms with Crippen molar-refractivity contribution in [2.24, 2.45) is 0 Å². The molecular weight excluding hydrogens is 268 g/mol. The zero-order valence-corrected chi connectivity index (χ0v) is 12.6. The summed E-state index contributed by atoms with van der Waals surface area (Å²) in [5.41, 5.74) is 0. The lowest BCUT2D eigenvalue weighted by Gasteiger charge is -2.23. The van der Waals surface area contributed by atoms with Gasteiger partial charge in [-0.1, -0.05) is 6.92 Å². The SMILES string of the molecule is CCCNc1nc(NCC(C)(C)SC)c(F)cc1F. The molecule has 0 radical (unpaired) electrons. The van der Waals surface area contributed by atoms with Gasteiger partial charge in [0, 0.05) is 23.9 Å². The zero-order chi connectivity index (χ0) is 14.5. The number of nitrogens with zero attached hydrogens (tertiary/aromatic N) is 1. The number of nitrogens with one attached hydrogen (secondary N) is 2. The Morgan fingerprint density at radius 2 is 1.79 bits per heavy atom. The van der Waals surface area contributed by atoms with Gasteiger partial charge in [0.1, 0.15) is 0 Å². The van der Waals surface area contributed by atoms with Crippen molar-refractivity contribution in [1.82, 2.24) is 4.98 Å². The highest BCUT2D eigenvalue weighted by molar-refractivity contribution is 7.99. The van der Waals surface area contributed by atoms with Gasteiger partial charge in [0.05, 0.1) is 0 Å². The van der Waals surface area contributed by atoms with Crippen LogP contribution in [0.4, 0.5) is 20.4 Å². The van der Waals surface area contributed by atoms with Crippen LogP contribution in [0.25, 0.3) is 0 Å². The lowest BCUT2D eigenvalue weighted by Crippen LogP contribution is -2.26. The molecular formula is C13H21F2N3S. The molecule has 2 N–H and O–H groups in total. The van der Waals surface area contributed by atoms with Gasteiger partial charge in [0.25, 0.3) is 0 Å². The highest BCUT2D eigenvalue weighted by atomic mass is 32.2. The summed E-state index contributed by atoms with van der Waals surface area (Å²) in [6.07, 6.45) is 2.84. The third-order valence-corrected chi connectivity index (χ3v) is 3.96. The molecule has 1 heterocycles. The maximum atomic E-state index is 13.6. The highest BCUT2D eigenvalue weighted by Crippen LogP contribution is 2.24. The Bertz CT molecular complexity index is 425. The van der Waals surface area contributed by atoms with Gasteiger partial charge in [0.15, 0.2) is 23.3 Å². The number of pyridine rings is 1. The summed E-state index contributed by atoms with van der Waals surface area (Å²) in [6, 6.07) is 0.861. The van der Waals surface area contributed by atoms with Crippen molar-refractivity contribution in [3.05, 3.63) is 17.7 Å². The Labute approximate surface area is 117 Å². The summed E-state index contributed by atoms with van der Waals surface area (Å²) in [5, 5.41) is 5.78. The number of thioether (sulfide) groups is 1. The number of aromatic nitrogens is 1. The Kier molecular flexibility index (Phi) is 5.85. The molecule has 19 heavy (non-hydrogen) atoms. The number of rotatable bonds is 7. The Morgan fingerprint density at radius 1 is 1.21 bits per heavy atom. The summed E-state index contributed by atoms with van der Waals surface area (Å²) in [7, 11) is 0. The van der Waals surface area contributed by atoms with E-state index in [0.717, 1.165) is 12.5 Å². The van der Waals surface area contributed by atoms with Crippen molar-refractivity contribution in [1.29, 1.82) is 0 Å². The molecule has 0 bridgehead atoms. The molecule has 0 aliphatic heterocycles. The van der Waals surface area contributed by atoms with E-state index in [2.05, 4.69) is 15.6 Å². The standard InChI is InChI=1S/C13H21F2N3S/c1-5-6-16-11-9(14)7-10(15)12(18-11)17-8-13(2,3)19-4/h7H,5-6,8H2,1-4H3,(H2,16,17,18). The lowest BCUT2D eigenvalue weighted by atomic mass is 10.2. The van der Waals surface area contributed by atoms with Crippen molar-refractivity contribution in [2.75, 3.05) is 30.0 Å². The van der Waals surface area contributed by atoms with E-state index < -0.39 is 11.6 Å². The fourth-order valence-electron chi connectivity index (χ4n) is 1.33. The molecule has 1 rings (SSSR count). The number of hydrogen-bond acceptors (Lipinski definition) is 4. The van der Waals surface area contributed by atoms with Crippen LogP contribution >= 0.6 is 11.8 Å². The average Bonchev–Trinajstić information content (AvgIpc) is 2.36. The molecule has 6 heteroatoms. The third-order valence-electron chi connectivity index (χ3n) is 2.71. The molecule has 108 valence electrons. The summed E-state index contributed by atoms with van der Waals surface area (Å²) < 4.78 is 27.1. The van der Waals surface area contributed by atoms with E-state index in [1.165, 1.54) is 0 Å². The molecule has 1 aromatic heterocycles. The van der Waals surface area contributed by atoms with Gasteiger partial charge >= 0.3 is 0 Å². The number of anilines is 2. The second-order valence-corrected chi connectivity index (χ2v) is 6.41. The molecule has 0 saturated carbocycles. The first kappa shape index (κ1) is 16.0. The summed E-state index contributed by atoms with van der Waals surface area (Å²) in [5.74, 6) is -1.16. The molecule has 0 amide bonds. The monoisotopic (exact) mass is 289 g/mol. The molecule has 0 saturated heterocycles. The maximum absolute atomic E-state index is 13.6. The summed E-state index contributed by atoms with van der Waals surface area (Å²) in [4.78, 5) is 3.97. The highest BCUT2D eigenvalue weighted by Gasteiger charge is 2.18. The summed E-state index contributed by atoms with van der Waals surface area (Å²) >= 11 is 1.67. The molecule has 0 aliphatic carbocycles. The van der Waals surface area contributed by atoms with Gasteiger partial charge in [-0.05, 0) is 26.5 Å². The van der Waals surface area contributed by atoms with E-state index >= 15 is 0 Å². The third kappa shape index (κ3) is 4.86. The largest absolute Gasteiger partial charge is 0.368 e.